The highest BCUT2D eigenvalue weighted by atomic mass is 15.0. The Bertz CT molecular complexity index is 419. The zero-order valence-electron chi connectivity index (χ0n) is 13.2. The summed E-state index contributed by atoms with van der Waals surface area (Å²) >= 11 is 0. The van der Waals surface area contributed by atoms with E-state index in [-0.39, 0.29) is 0 Å². The normalized spacial score (nSPS) is 22.5. The molecule has 106 valence electrons. The fourth-order valence-electron chi connectivity index (χ4n) is 3.26. The monoisotopic (exact) mass is 259 g/mol. The fourth-order valence-corrected chi connectivity index (χ4v) is 3.26. The van der Waals surface area contributed by atoms with Gasteiger partial charge in [-0.1, -0.05) is 52.0 Å². The van der Waals surface area contributed by atoms with Gasteiger partial charge in [0.2, 0.25) is 0 Å². The van der Waals surface area contributed by atoms with E-state index in [4.69, 9.17) is 0 Å². The molecule has 1 N–H and O–H groups in total. The Morgan fingerprint density at radius 3 is 2.53 bits per heavy atom. The molecule has 0 heterocycles. The molecule has 1 aliphatic carbocycles. The Hall–Kier alpha value is -0.820. The van der Waals surface area contributed by atoms with Gasteiger partial charge in [0.1, 0.15) is 0 Å². The zero-order valence-corrected chi connectivity index (χ0v) is 13.2. The van der Waals surface area contributed by atoms with Crippen LogP contribution in [0.4, 0.5) is 0 Å². The topological polar surface area (TPSA) is 12.0 Å². The SMILES string of the molecule is CC(C)CCC(C)NC1c2ccccc2CC1(C)C. The van der Waals surface area contributed by atoms with E-state index in [2.05, 4.69) is 64.2 Å². The molecule has 0 saturated carbocycles. The van der Waals surface area contributed by atoms with Gasteiger partial charge in [0.05, 0.1) is 0 Å². The van der Waals surface area contributed by atoms with Crippen molar-refractivity contribution in [1.82, 2.24) is 5.32 Å². The van der Waals surface area contributed by atoms with Crippen LogP contribution in [0.2, 0.25) is 0 Å². The molecule has 0 radical (unpaired) electrons. The number of hydrogen-bond acceptors (Lipinski definition) is 1. The lowest BCUT2D eigenvalue weighted by atomic mass is 9.84. The van der Waals surface area contributed by atoms with Crippen molar-refractivity contribution < 1.29 is 0 Å². The average Bonchev–Trinajstić information content (AvgIpc) is 2.58. The minimum absolute atomic E-state index is 0.329. The van der Waals surface area contributed by atoms with E-state index in [1.54, 1.807) is 0 Å². The van der Waals surface area contributed by atoms with Gasteiger partial charge in [0.25, 0.3) is 0 Å². The van der Waals surface area contributed by atoms with Crippen LogP contribution >= 0.6 is 0 Å². The van der Waals surface area contributed by atoms with Crippen molar-refractivity contribution in [1.29, 1.82) is 0 Å². The summed E-state index contributed by atoms with van der Waals surface area (Å²) < 4.78 is 0. The van der Waals surface area contributed by atoms with Gasteiger partial charge in [-0.2, -0.15) is 0 Å². The number of fused-ring (bicyclic) bond motifs is 1. The van der Waals surface area contributed by atoms with Crippen LogP contribution in [-0.2, 0) is 6.42 Å². The summed E-state index contributed by atoms with van der Waals surface area (Å²) in [6.45, 7) is 11.7. The lowest BCUT2D eigenvalue weighted by Crippen LogP contribution is -2.37. The molecule has 0 saturated heterocycles. The van der Waals surface area contributed by atoms with Crippen molar-refractivity contribution in [2.75, 3.05) is 0 Å². The van der Waals surface area contributed by atoms with Crippen LogP contribution in [0.1, 0.15) is 64.6 Å². The molecule has 1 aromatic carbocycles. The lowest BCUT2D eigenvalue weighted by molar-refractivity contribution is 0.244. The first-order valence-corrected chi connectivity index (χ1v) is 7.74. The summed E-state index contributed by atoms with van der Waals surface area (Å²) in [5.74, 6) is 0.799. The van der Waals surface area contributed by atoms with Crippen LogP contribution < -0.4 is 5.32 Å². The van der Waals surface area contributed by atoms with Crippen molar-refractivity contribution in [3.63, 3.8) is 0 Å². The fraction of sp³-hybridized carbons (Fsp3) is 0.667. The summed E-state index contributed by atoms with van der Waals surface area (Å²) in [4.78, 5) is 0. The first-order valence-electron chi connectivity index (χ1n) is 7.74. The molecule has 0 aromatic heterocycles. The molecule has 1 nitrogen and oxygen atoms in total. The Kier molecular flexibility index (Phi) is 4.35. The molecule has 0 amide bonds. The minimum atomic E-state index is 0.329. The van der Waals surface area contributed by atoms with Crippen molar-refractivity contribution in [2.45, 2.75) is 66.0 Å². The van der Waals surface area contributed by atoms with Gasteiger partial charge in [-0.3, -0.25) is 0 Å². The molecule has 1 aromatic rings. The Morgan fingerprint density at radius 1 is 1.16 bits per heavy atom. The first-order chi connectivity index (χ1) is 8.90. The first kappa shape index (κ1) is 14.6. The highest BCUT2D eigenvalue weighted by Gasteiger charge is 2.38. The molecule has 2 atom stereocenters. The third-order valence-corrected chi connectivity index (χ3v) is 4.42. The molecule has 1 aliphatic rings. The summed E-state index contributed by atoms with van der Waals surface area (Å²) in [5.41, 5.74) is 3.38. The molecule has 0 bridgehead atoms. The molecular weight excluding hydrogens is 230 g/mol. The van der Waals surface area contributed by atoms with Gasteiger partial charge in [0, 0.05) is 12.1 Å². The second-order valence-corrected chi connectivity index (χ2v) is 7.34. The number of rotatable bonds is 5. The lowest BCUT2D eigenvalue weighted by Gasteiger charge is -2.31. The third kappa shape index (κ3) is 3.39. The highest BCUT2D eigenvalue weighted by molar-refractivity contribution is 5.37. The van der Waals surface area contributed by atoms with Crippen LogP contribution in [-0.4, -0.2) is 6.04 Å². The van der Waals surface area contributed by atoms with Gasteiger partial charge in [-0.15, -0.1) is 0 Å². The molecule has 0 fully saturated rings. The maximum Gasteiger partial charge on any atom is 0.0379 e. The van der Waals surface area contributed by atoms with Crippen molar-refractivity contribution in [3.05, 3.63) is 35.4 Å². The van der Waals surface area contributed by atoms with E-state index < -0.39 is 0 Å². The number of benzene rings is 1. The number of nitrogens with one attached hydrogen (secondary N) is 1. The summed E-state index contributed by atoms with van der Waals surface area (Å²) in [7, 11) is 0. The summed E-state index contributed by atoms with van der Waals surface area (Å²) in [6.07, 6.45) is 3.77. The van der Waals surface area contributed by atoms with Crippen molar-refractivity contribution >= 4 is 0 Å². The molecule has 0 aliphatic heterocycles. The van der Waals surface area contributed by atoms with Gasteiger partial charge in [-0.25, -0.2) is 0 Å². The standard InChI is InChI=1S/C18H29N/c1-13(2)10-11-14(3)19-17-16-9-7-6-8-15(16)12-18(17,4)5/h6-9,13-14,17,19H,10-12H2,1-5H3. The van der Waals surface area contributed by atoms with E-state index in [1.165, 1.54) is 30.4 Å². The van der Waals surface area contributed by atoms with Crippen LogP contribution in [0, 0.1) is 11.3 Å². The van der Waals surface area contributed by atoms with E-state index in [1.807, 2.05) is 0 Å². The van der Waals surface area contributed by atoms with E-state index in [0.717, 1.165) is 5.92 Å². The molecular formula is C18H29N. The molecule has 2 rings (SSSR count). The average molecular weight is 259 g/mol. The number of hydrogen-bond donors (Lipinski definition) is 1. The van der Waals surface area contributed by atoms with Crippen LogP contribution in [0.5, 0.6) is 0 Å². The van der Waals surface area contributed by atoms with Gasteiger partial charge in [0.15, 0.2) is 0 Å². The molecule has 0 spiro atoms. The predicted octanol–water partition coefficient (Wildman–Crippen LogP) is 4.72. The van der Waals surface area contributed by atoms with E-state index in [9.17, 15) is 0 Å². The van der Waals surface area contributed by atoms with Gasteiger partial charge >= 0.3 is 0 Å². The van der Waals surface area contributed by atoms with Crippen molar-refractivity contribution in [3.8, 4) is 0 Å². The zero-order chi connectivity index (χ0) is 14.0. The second kappa shape index (κ2) is 5.66. The van der Waals surface area contributed by atoms with E-state index >= 15 is 0 Å². The minimum Gasteiger partial charge on any atom is -0.307 e. The molecule has 1 heteroatoms. The Morgan fingerprint density at radius 2 is 1.84 bits per heavy atom. The predicted molar refractivity (Wildman–Crippen MR) is 83.3 cm³/mol. The van der Waals surface area contributed by atoms with Gasteiger partial charge < -0.3 is 5.32 Å². The second-order valence-electron chi connectivity index (χ2n) is 7.34. The smallest absolute Gasteiger partial charge is 0.0379 e. The maximum absolute atomic E-state index is 3.88. The maximum atomic E-state index is 3.88. The van der Waals surface area contributed by atoms with Gasteiger partial charge in [-0.05, 0) is 48.6 Å². The summed E-state index contributed by atoms with van der Waals surface area (Å²) in [6, 6.07) is 10.0. The molecule has 2 unspecified atom stereocenters. The van der Waals surface area contributed by atoms with Crippen LogP contribution in [0.25, 0.3) is 0 Å². The largest absolute Gasteiger partial charge is 0.307 e. The van der Waals surface area contributed by atoms with Crippen molar-refractivity contribution in [2.24, 2.45) is 11.3 Å². The summed E-state index contributed by atoms with van der Waals surface area (Å²) in [5, 5.41) is 3.88. The van der Waals surface area contributed by atoms with E-state index in [0.29, 0.717) is 17.5 Å². The quantitative estimate of drug-likeness (QED) is 0.806. The highest BCUT2D eigenvalue weighted by Crippen LogP contribution is 2.45. The third-order valence-electron chi connectivity index (χ3n) is 4.42. The Balaban J connectivity index is 2.06. The Labute approximate surface area is 118 Å². The van der Waals surface area contributed by atoms with Crippen LogP contribution in [0.3, 0.4) is 0 Å². The van der Waals surface area contributed by atoms with Crippen LogP contribution in [0.15, 0.2) is 24.3 Å². The molecule has 19 heavy (non-hydrogen) atoms.